The highest BCUT2D eigenvalue weighted by Gasteiger charge is 2.21. The van der Waals surface area contributed by atoms with E-state index in [4.69, 9.17) is 11.6 Å². The lowest BCUT2D eigenvalue weighted by Gasteiger charge is -2.20. The van der Waals surface area contributed by atoms with Gasteiger partial charge in [-0.3, -0.25) is 14.7 Å². The van der Waals surface area contributed by atoms with E-state index in [-0.39, 0.29) is 18.1 Å². The van der Waals surface area contributed by atoms with E-state index in [9.17, 15) is 9.18 Å². The lowest BCUT2D eigenvalue weighted by molar-refractivity contribution is -0.118. The third-order valence-corrected chi connectivity index (χ3v) is 5.64. The number of pyridine rings is 1. The van der Waals surface area contributed by atoms with Gasteiger partial charge in [0.15, 0.2) is 5.13 Å². The van der Waals surface area contributed by atoms with Gasteiger partial charge in [0.05, 0.1) is 23.2 Å². The van der Waals surface area contributed by atoms with Gasteiger partial charge < -0.3 is 0 Å². The third-order valence-electron chi connectivity index (χ3n) is 4.23. The number of carbonyl (C=O) groups is 1. The summed E-state index contributed by atoms with van der Waals surface area (Å²) in [5.74, 6) is -0.472. The first kappa shape index (κ1) is 18.5. The van der Waals surface area contributed by atoms with Crippen molar-refractivity contribution < 1.29 is 9.18 Å². The van der Waals surface area contributed by atoms with E-state index in [0.717, 1.165) is 11.1 Å². The average molecular weight is 412 g/mol. The topological polar surface area (TPSA) is 46.1 Å². The number of hydrogen-bond acceptors (Lipinski definition) is 4. The van der Waals surface area contributed by atoms with Gasteiger partial charge in [-0.1, -0.05) is 47.2 Å². The molecule has 0 bridgehead atoms. The number of halogens is 2. The second kappa shape index (κ2) is 8.04. The van der Waals surface area contributed by atoms with Crippen LogP contribution in [0.4, 0.5) is 9.52 Å². The van der Waals surface area contributed by atoms with Crippen molar-refractivity contribution in [1.29, 1.82) is 0 Å². The number of thiazole rings is 1. The molecule has 140 valence electrons. The second-order valence-corrected chi connectivity index (χ2v) is 7.63. The largest absolute Gasteiger partial charge is 0.283 e. The van der Waals surface area contributed by atoms with Crippen molar-refractivity contribution in [3.8, 4) is 0 Å². The van der Waals surface area contributed by atoms with Gasteiger partial charge in [0.25, 0.3) is 0 Å². The number of benzene rings is 2. The van der Waals surface area contributed by atoms with Crippen LogP contribution < -0.4 is 4.90 Å². The van der Waals surface area contributed by atoms with Gasteiger partial charge in [-0.25, -0.2) is 9.37 Å². The Morgan fingerprint density at radius 2 is 2.00 bits per heavy atom. The zero-order valence-corrected chi connectivity index (χ0v) is 16.3. The molecule has 0 aliphatic rings. The van der Waals surface area contributed by atoms with Crippen molar-refractivity contribution in [2.45, 2.75) is 13.0 Å². The molecule has 0 aliphatic heterocycles. The number of nitrogens with zero attached hydrogens (tertiary/aromatic N) is 3. The molecule has 0 saturated heterocycles. The lowest BCUT2D eigenvalue weighted by Crippen LogP contribution is -2.31. The predicted molar refractivity (Wildman–Crippen MR) is 110 cm³/mol. The van der Waals surface area contributed by atoms with Crippen molar-refractivity contribution >= 4 is 44.2 Å². The molecule has 28 heavy (non-hydrogen) atoms. The fourth-order valence-electron chi connectivity index (χ4n) is 2.84. The van der Waals surface area contributed by atoms with Gasteiger partial charge in [0.1, 0.15) is 5.82 Å². The Hall–Kier alpha value is -2.83. The summed E-state index contributed by atoms with van der Waals surface area (Å²) >= 11 is 7.51. The Kier molecular flexibility index (Phi) is 5.32. The molecular formula is C21H15ClFN3OS. The Labute approximate surface area is 170 Å². The Balaban J connectivity index is 1.70. The van der Waals surface area contributed by atoms with Crippen LogP contribution in [-0.2, 0) is 17.8 Å². The van der Waals surface area contributed by atoms with E-state index in [0.29, 0.717) is 26.9 Å². The van der Waals surface area contributed by atoms with Crippen LogP contribution >= 0.6 is 22.9 Å². The maximum Gasteiger partial charge on any atom is 0.233 e. The fourth-order valence-corrected chi connectivity index (χ4v) is 4.05. The monoisotopic (exact) mass is 411 g/mol. The number of amides is 1. The van der Waals surface area contributed by atoms with Crippen molar-refractivity contribution in [3.05, 3.63) is 89.0 Å². The first-order valence-electron chi connectivity index (χ1n) is 8.59. The van der Waals surface area contributed by atoms with Crippen LogP contribution in [0.1, 0.15) is 11.1 Å². The van der Waals surface area contributed by atoms with Crippen LogP contribution in [0, 0.1) is 5.82 Å². The van der Waals surface area contributed by atoms with Crippen molar-refractivity contribution in [3.63, 3.8) is 0 Å². The highest BCUT2D eigenvalue weighted by atomic mass is 35.5. The Morgan fingerprint density at radius 1 is 1.14 bits per heavy atom. The molecule has 0 aliphatic carbocycles. The maximum absolute atomic E-state index is 13.6. The lowest BCUT2D eigenvalue weighted by atomic mass is 10.1. The predicted octanol–water partition coefficient (Wildman–Crippen LogP) is 5.26. The number of carbonyl (C=O) groups excluding carboxylic acids is 1. The molecule has 0 N–H and O–H groups in total. The summed E-state index contributed by atoms with van der Waals surface area (Å²) < 4.78 is 14.3. The molecule has 0 radical (unpaired) electrons. The maximum atomic E-state index is 13.6. The normalized spacial score (nSPS) is 10.9. The fraction of sp³-hybridized carbons (Fsp3) is 0.0952. The van der Waals surface area contributed by atoms with Crippen molar-refractivity contribution in [2.75, 3.05) is 4.90 Å². The molecule has 2 heterocycles. The number of hydrogen-bond donors (Lipinski definition) is 0. The Morgan fingerprint density at radius 3 is 2.79 bits per heavy atom. The van der Waals surface area contributed by atoms with Crippen molar-refractivity contribution in [1.82, 2.24) is 9.97 Å². The quantitative estimate of drug-likeness (QED) is 0.450. The molecule has 2 aromatic heterocycles. The highest BCUT2D eigenvalue weighted by Crippen LogP contribution is 2.31. The smallest absolute Gasteiger partial charge is 0.233 e. The summed E-state index contributed by atoms with van der Waals surface area (Å²) in [6.07, 6.45) is 3.53. The minimum atomic E-state index is -0.330. The molecule has 4 nitrogen and oxygen atoms in total. The van der Waals surface area contributed by atoms with E-state index in [2.05, 4.69) is 9.97 Å². The minimum Gasteiger partial charge on any atom is -0.283 e. The van der Waals surface area contributed by atoms with Crippen molar-refractivity contribution in [2.24, 2.45) is 0 Å². The molecular weight excluding hydrogens is 397 g/mol. The van der Waals surface area contributed by atoms with Crippen LogP contribution in [-0.4, -0.2) is 15.9 Å². The van der Waals surface area contributed by atoms with E-state index < -0.39 is 0 Å². The molecule has 1 amide bonds. The van der Waals surface area contributed by atoms with Gasteiger partial charge in [-0.15, -0.1) is 0 Å². The van der Waals surface area contributed by atoms with Gasteiger partial charge in [-0.05, 0) is 41.5 Å². The van der Waals surface area contributed by atoms with E-state index in [1.807, 2.05) is 30.3 Å². The summed E-state index contributed by atoms with van der Waals surface area (Å²) in [4.78, 5) is 23.4. The molecule has 0 atom stereocenters. The zero-order valence-electron chi connectivity index (χ0n) is 14.7. The van der Waals surface area contributed by atoms with Crippen LogP contribution in [0.2, 0.25) is 5.02 Å². The summed E-state index contributed by atoms with van der Waals surface area (Å²) in [5, 5.41) is 1.06. The first-order chi connectivity index (χ1) is 13.6. The van der Waals surface area contributed by atoms with E-state index >= 15 is 0 Å². The SMILES string of the molecule is O=C(Cc1ccccc1Cl)N(Cc1cccnc1)c1nc2ccc(F)cc2s1. The summed E-state index contributed by atoms with van der Waals surface area (Å²) in [6.45, 7) is 0.319. The summed E-state index contributed by atoms with van der Waals surface area (Å²) in [7, 11) is 0. The van der Waals surface area contributed by atoms with Crippen LogP contribution in [0.25, 0.3) is 10.2 Å². The number of anilines is 1. The molecule has 0 fully saturated rings. The third kappa shape index (κ3) is 4.03. The average Bonchev–Trinajstić information content (AvgIpc) is 3.11. The Bertz CT molecular complexity index is 1130. The van der Waals surface area contributed by atoms with Gasteiger partial charge in [0, 0.05) is 17.4 Å². The number of fused-ring (bicyclic) bond motifs is 1. The van der Waals surface area contributed by atoms with Crippen LogP contribution in [0.15, 0.2) is 67.0 Å². The summed E-state index contributed by atoms with van der Waals surface area (Å²) in [6, 6.07) is 15.4. The minimum absolute atomic E-state index is 0.142. The highest BCUT2D eigenvalue weighted by molar-refractivity contribution is 7.22. The van der Waals surface area contributed by atoms with Gasteiger partial charge in [0.2, 0.25) is 5.91 Å². The number of rotatable bonds is 5. The van der Waals surface area contributed by atoms with E-state index in [1.165, 1.54) is 23.5 Å². The molecule has 4 rings (SSSR count). The molecule has 4 aromatic rings. The molecule has 2 aromatic carbocycles. The number of aromatic nitrogens is 2. The molecule has 0 unspecified atom stereocenters. The van der Waals surface area contributed by atoms with Gasteiger partial charge >= 0.3 is 0 Å². The zero-order chi connectivity index (χ0) is 19.5. The molecule has 0 spiro atoms. The summed E-state index contributed by atoms with van der Waals surface area (Å²) in [5.41, 5.74) is 2.28. The van der Waals surface area contributed by atoms with Crippen LogP contribution in [0.3, 0.4) is 0 Å². The van der Waals surface area contributed by atoms with E-state index in [1.54, 1.807) is 29.4 Å². The standard InChI is InChI=1S/C21H15ClFN3OS/c22-17-6-2-1-5-15(17)10-20(27)26(13-14-4-3-9-24-12-14)21-25-18-8-7-16(23)11-19(18)28-21/h1-9,11-12H,10,13H2. The first-order valence-corrected chi connectivity index (χ1v) is 9.78. The molecule has 7 heteroatoms. The molecule has 0 saturated carbocycles. The second-order valence-electron chi connectivity index (χ2n) is 6.22. The van der Waals surface area contributed by atoms with Gasteiger partial charge in [-0.2, -0.15) is 0 Å². The van der Waals surface area contributed by atoms with Crippen LogP contribution in [0.5, 0.6) is 0 Å².